The molecule has 0 fully saturated rings. The maximum absolute atomic E-state index is 13.6. The predicted molar refractivity (Wildman–Crippen MR) is 138 cm³/mol. The van der Waals surface area contributed by atoms with Crippen molar-refractivity contribution in [1.29, 1.82) is 0 Å². The summed E-state index contributed by atoms with van der Waals surface area (Å²) in [6, 6.07) is 9.36. The van der Waals surface area contributed by atoms with E-state index in [1.165, 1.54) is 4.90 Å². The van der Waals surface area contributed by atoms with Crippen LogP contribution < -0.4 is 9.62 Å². The number of carbonyl (C=O) groups excluding carboxylic acids is 2. The molecule has 0 heterocycles. The summed E-state index contributed by atoms with van der Waals surface area (Å²) in [6.45, 7) is 8.42. The summed E-state index contributed by atoms with van der Waals surface area (Å²) in [7, 11) is -3.79. The lowest BCUT2D eigenvalue weighted by Crippen LogP contribution is -2.52. The number of nitrogens with one attached hydrogen (secondary N) is 1. The van der Waals surface area contributed by atoms with E-state index in [9.17, 15) is 18.0 Å². The molecule has 0 saturated carbocycles. The quantitative estimate of drug-likeness (QED) is 0.526. The monoisotopic (exact) mass is 527 g/mol. The van der Waals surface area contributed by atoms with Gasteiger partial charge in [-0.05, 0) is 63.4 Å². The lowest BCUT2D eigenvalue weighted by Gasteiger charge is -2.32. The van der Waals surface area contributed by atoms with Gasteiger partial charge in [0.05, 0.1) is 22.0 Å². The number of rotatable bonds is 9. The van der Waals surface area contributed by atoms with E-state index in [0.29, 0.717) is 21.3 Å². The van der Waals surface area contributed by atoms with Gasteiger partial charge in [-0.1, -0.05) is 47.5 Å². The van der Waals surface area contributed by atoms with Crippen LogP contribution in [-0.2, 0) is 26.2 Å². The summed E-state index contributed by atoms with van der Waals surface area (Å²) >= 11 is 12.2. The predicted octanol–water partition coefficient (Wildman–Crippen LogP) is 4.32. The zero-order chi connectivity index (χ0) is 25.8. The Morgan fingerprint density at radius 3 is 2.09 bits per heavy atom. The number of anilines is 1. The minimum Gasteiger partial charge on any atom is -0.352 e. The van der Waals surface area contributed by atoms with E-state index in [-0.39, 0.29) is 18.5 Å². The Kier molecular flexibility index (Phi) is 9.39. The van der Waals surface area contributed by atoms with Crippen LogP contribution in [0.25, 0.3) is 0 Å². The molecule has 0 aliphatic carbocycles. The third kappa shape index (κ3) is 7.10. The van der Waals surface area contributed by atoms with Gasteiger partial charge in [0.25, 0.3) is 0 Å². The molecule has 0 radical (unpaired) electrons. The highest BCUT2D eigenvalue weighted by Gasteiger charge is 2.31. The van der Waals surface area contributed by atoms with Gasteiger partial charge in [0.15, 0.2) is 0 Å². The summed E-state index contributed by atoms with van der Waals surface area (Å²) in [5.74, 6) is -0.869. The highest BCUT2D eigenvalue weighted by Crippen LogP contribution is 2.28. The average molecular weight is 529 g/mol. The summed E-state index contributed by atoms with van der Waals surface area (Å²) in [6.07, 6.45) is 1.06. The van der Waals surface area contributed by atoms with Crippen molar-refractivity contribution in [3.8, 4) is 0 Å². The van der Waals surface area contributed by atoms with Crippen molar-refractivity contribution < 1.29 is 18.0 Å². The number of nitrogens with zero attached hydrogens (tertiary/aromatic N) is 2. The summed E-state index contributed by atoms with van der Waals surface area (Å²) < 4.78 is 26.5. The number of aryl methyl sites for hydroxylation is 2. The molecule has 7 nitrogen and oxygen atoms in total. The normalized spacial score (nSPS) is 12.4. The van der Waals surface area contributed by atoms with Gasteiger partial charge in [0.2, 0.25) is 21.8 Å². The molecule has 10 heteroatoms. The first-order chi connectivity index (χ1) is 15.7. The van der Waals surface area contributed by atoms with Crippen LogP contribution in [0.5, 0.6) is 0 Å². The number of halogens is 2. The van der Waals surface area contributed by atoms with Gasteiger partial charge in [-0.15, -0.1) is 0 Å². The fraction of sp³-hybridized carbons (Fsp3) is 0.417. The SMILES string of the molecule is Cc1cccc(C)c1N(CC(=O)N(Cc1ccc(Cl)c(Cl)c1)C(C)C(=O)NC(C)C)S(C)(=O)=O. The highest BCUT2D eigenvalue weighted by molar-refractivity contribution is 7.92. The van der Waals surface area contributed by atoms with Gasteiger partial charge >= 0.3 is 0 Å². The second-order valence-corrected chi connectivity index (χ2v) is 11.3. The molecule has 0 aromatic heterocycles. The van der Waals surface area contributed by atoms with Crippen molar-refractivity contribution in [1.82, 2.24) is 10.2 Å². The second kappa shape index (κ2) is 11.4. The molecule has 2 aromatic rings. The Morgan fingerprint density at radius 1 is 1.00 bits per heavy atom. The van der Waals surface area contributed by atoms with E-state index >= 15 is 0 Å². The zero-order valence-corrected chi connectivity index (χ0v) is 22.6. The number of sulfonamides is 1. The lowest BCUT2D eigenvalue weighted by molar-refractivity contribution is -0.139. The van der Waals surface area contributed by atoms with E-state index in [0.717, 1.165) is 21.7 Å². The molecular weight excluding hydrogens is 497 g/mol. The van der Waals surface area contributed by atoms with Gasteiger partial charge in [-0.3, -0.25) is 13.9 Å². The van der Waals surface area contributed by atoms with Crippen molar-refractivity contribution >= 4 is 50.7 Å². The van der Waals surface area contributed by atoms with Crippen LogP contribution in [0.3, 0.4) is 0 Å². The minimum atomic E-state index is -3.79. The Hall–Kier alpha value is -2.29. The largest absolute Gasteiger partial charge is 0.352 e. The van der Waals surface area contributed by atoms with Gasteiger partial charge in [0, 0.05) is 12.6 Å². The molecule has 0 saturated heterocycles. The smallest absolute Gasteiger partial charge is 0.244 e. The summed E-state index contributed by atoms with van der Waals surface area (Å²) in [5, 5.41) is 3.49. The Bertz CT molecular complexity index is 1150. The van der Waals surface area contributed by atoms with Crippen LogP contribution in [0.1, 0.15) is 37.5 Å². The molecule has 1 N–H and O–H groups in total. The first-order valence-electron chi connectivity index (χ1n) is 10.8. The molecule has 2 rings (SSSR count). The number of hydrogen-bond acceptors (Lipinski definition) is 4. The van der Waals surface area contributed by atoms with Crippen molar-refractivity contribution in [3.63, 3.8) is 0 Å². The molecule has 1 unspecified atom stereocenters. The maximum Gasteiger partial charge on any atom is 0.244 e. The lowest BCUT2D eigenvalue weighted by atomic mass is 10.1. The summed E-state index contributed by atoms with van der Waals surface area (Å²) in [4.78, 5) is 27.7. The third-order valence-electron chi connectivity index (χ3n) is 5.30. The standard InChI is InChI=1S/C24H31Cl2N3O4S/c1-15(2)27-24(31)18(5)28(13-19-10-11-20(25)21(26)12-19)22(30)14-29(34(6,32)33)23-16(3)8-7-9-17(23)4/h7-12,15,18H,13-14H2,1-6H3,(H,27,31). The van der Waals surface area contributed by atoms with Crippen molar-refractivity contribution in [2.24, 2.45) is 0 Å². The fourth-order valence-corrected chi connectivity index (χ4v) is 4.88. The van der Waals surface area contributed by atoms with Crippen LogP contribution in [-0.4, -0.2) is 50.0 Å². The molecule has 2 aromatic carbocycles. The number of hydrogen-bond donors (Lipinski definition) is 1. The average Bonchev–Trinajstić information content (AvgIpc) is 2.71. The Balaban J connectivity index is 2.47. The van der Waals surface area contributed by atoms with E-state index < -0.39 is 28.5 Å². The molecule has 0 bridgehead atoms. The van der Waals surface area contributed by atoms with Crippen molar-refractivity contribution in [2.45, 2.75) is 53.2 Å². The first kappa shape index (κ1) is 28.0. The maximum atomic E-state index is 13.6. The molecule has 2 amide bonds. The molecular formula is C24H31Cl2N3O4S. The fourth-order valence-electron chi connectivity index (χ4n) is 3.60. The van der Waals surface area contributed by atoms with Crippen LogP contribution >= 0.6 is 23.2 Å². The number of para-hydroxylation sites is 1. The van der Waals surface area contributed by atoms with Crippen LogP contribution in [0.2, 0.25) is 10.0 Å². The van der Waals surface area contributed by atoms with Gasteiger partial charge < -0.3 is 10.2 Å². The van der Waals surface area contributed by atoms with E-state index in [2.05, 4.69) is 5.32 Å². The number of benzene rings is 2. The first-order valence-corrected chi connectivity index (χ1v) is 13.4. The van der Waals surface area contributed by atoms with Crippen molar-refractivity contribution in [2.75, 3.05) is 17.1 Å². The van der Waals surface area contributed by atoms with Gasteiger partial charge in [0.1, 0.15) is 12.6 Å². The van der Waals surface area contributed by atoms with E-state index in [1.807, 2.05) is 19.9 Å². The topological polar surface area (TPSA) is 86.8 Å². The zero-order valence-electron chi connectivity index (χ0n) is 20.2. The molecule has 0 aliphatic heterocycles. The van der Waals surface area contributed by atoms with Crippen LogP contribution in [0.4, 0.5) is 5.69 Å². The van der Waals surface area contributed by atoms with Crippen LogP contribution in [0.15, 0.2) is 36.4 Å². The summed E-state index contributed by atoms with van der Waals surface area (Å²) in [5.41, 5.74) is 2.55. The van der Waals surface area contributed by atoms with Crippen LogP contribution in [0, 0.1) is 13.8 Å². The second-order valence-electron chi connectivity index (χ2n) is 8.62. The van der Waals surface area contributed by atoms with Gasteiger partial charge in [-0.2, -0.15) is 0 Å². The Labute approximate surface area is 212 Å². The molecule has 186 valence electrons. The molecule has 34 heavy (non-hydrogen) atoms. The molecule has 0 aliphatic rings. The molecule has 1 atom stereocenters. The highest BCUT2D eigenvalue weighted by atomic mass is 35.5. The van der Waals surface area contributed by atoms with Gasteiger partial charge in [-0.25, -0.2) is 8.42 Å². The third-order valence-corrected chi connectivity index (χ3v) is 7.15. The van der Waals surface area contributed by atoms with E-state index in [4.69, 9.17) is 23.2 Å². The number of carbonyl (C=O) groups is 2. The van der Waals surface area contributed by atoms with Crippen molar-refractivity contribution in [3.05, 3.63) is 63.1 Å². The Morgan fingerprint density at radius 2 is 1.59 bits per heavy atom. The number of amides is 2. The minimum absolute atomic E-state index is 0.0484. The molecule has 0 spiro atoms. The van der Waals surface area contributed by atoms with E-state index in [1.54, 1.807) is 51.1 Å².